The molecule has 148 valence electrons. The number of thiazole rings is 1. The summed E-state index contributed by atoms with van der Waals surface area (Å²) in [5.41, 5.74) is 1.33. The monoisotopic (exact) mass is 433 g/mol. The summed E-state index contributed by atoms with van der Waals surface area (Å²) in [4.78, 5) is 27.7. The average Bonchev–Trinajstić information content (AvgIpc) is 3.09. The molecule has 0 aliphatic heterocycles. The average molecular weight is 434 g/mol. The second-order valence-electron chi connectivity index (χ2n) is 5.42. The van der Waals surface area contributed by atoms with E-state index in [4.69, 9.17) is 9.47 Å². The van der Waals surface area contributed by atoms with Crippen molar-refractivity contribution in [1.82, 2.24) is 9.71 Å². The second kappa shape index (κ2) is 8.67. The fourth-order valence-electron chi connectivity index (χ4n) is 2.08. The van der Waals surface area contributed by atoms with E-state index < -0.39 is 22.0 Å². The largest absolute Gasteiger partial charge is 0.486 e. The van der Waals surface area contributed by atoms with Crippen LogP contribution in [0.25, 0.3) is 0 Å². The lowest BCUT2D eigenvalue weighted by molar-refractivity contribution is -0.140. The summed E-state index contributed by atoms with van der Waals surface area (Å²) >= 11 is 2.11. The predicted octanol–water partition coefficient (Wildman–Crippen LogP) is 2.45. The first-order valence-electron chi connectivity index (χ1n) is 7.70. The first-order valence-corrected chi connectivity index (χ1v) is 10.8. The van der Waals surface area contributed by atoms with E-state index >= 15 is 0 Å². The minimum Gasteiger partial charge on any atom is -0.486 e. The Balaban J connectivity index is 2.04. The quantitative estimate of drug-likeness (QED) is 0.643. The number of carbonyl (C=O) groups is 2. The van der Waals surface area contributed by atoms with Gasteiger partial charge in [-0.25, -0.2) is 22.9 Å². The highest BCUT2D eigenvalue weighted by atomic mass is 32.2. The molecule has 0 aliphatic rings. The summed E-state index contributed by atoms with van der Waals surface area (Å²) in [6.07, 6.45) is 0.399. The van der Waals surface area contributed by atoms with Crippen molar-refractivity contribution in [3.05, 3.63) is 22.2 Å². The van der Waals surface area contributed by atoms with Crippen LogP contribution >= 0.6 is 22.7 Å². The number of aromatic nitrogens is 1. The lowest BCUT2D eigenvalue weighted by Crippen LogP contribution is -2.33. The van der Waals surface area contributed by atoms with Gasteiger partial charge in [0.1, 0.15) is 4.21 Å². The number of anilines is 1. The lowest BCUT2D eigenvalue weighted by atomic mass is 10.2. The van der Waals surface area contributed by atoms with Gasteiger partial charge in [-0.05, 0) is 25.5 Å². The maximum absolute atomic E-state index is 12.4. The Kier molecular flexibility index (Phi) is 6.78. The van der Waals surface area contributed by atoms with E-state index in [1.165, 1.54) is 20.1 Å². The van der Waals surface area contributed by atoms with Crippen LogP contribution < -0.4 is 14.8 Å². The van der Waals surface area contributed by atoms with Gasteiger partial charge < -0.3 is 9.47 Å². The van der Waals surface area contributed by atoms with Crippen LogP contribution in [0.1, 0.15) is 23.1 Å². The molecule has 0 saturated carbocycles. The van der Waals surface area contributed by atoms with Crippen molar-refractivity contribution in [1.29, 1.82) is 0 Å². The van der Waals surface area contributed by atoms with Crippen LogP contribution in [0.15, 0.2) is 10.3 Å². The molecular formula is C15H19N3O6S3. The smallest absolute Gasteiger partial charge is 0.334 e. The standard InChI is InChI=1S/C15H19N3O6S3/c1-8-7-12(25-11(8)5-6-24-10(3)19)27(21,22)18-14(20)17-15-16-9(2)13(23-4)26-15/h7H,5-6H2,1-4H3,(H2,16,17,18,20). The summed E-state index contributed by atoms with van der Waals surface area (Å²) in [6, 6.07) is 0.555. The molecule has 0 aromatic carbocycles. The number of hydrogen-bond acceptors (Lipinski definition) is 9. The number of nitrogens with zero attached hydrogens (tertiary/aromatic N) is 1. The minimum absolute atomic E-state index is 0.000810. The number of thiophene rings is 1. The zero-order valence-electron chi connectivity index (χ0n) is 15.1. The number of esters is 1. The maximum Gasteiger partial charge on any atom is 0.334 e. The van der Waals surface area contributed by atoms with E-state index in [1.807, 2.05) is 4.72 Å². The molecule has 27 heavy (non-hydrogen) atoms. The van der Waals surface area contributed by atoms with E-state index in [0.717, 1.165) is 33.1 Å². The molecule has 12 heteroatoms. The van der Waals surface area contributed by atoms with Crippen LogP contribution in [0.4, 0.5) is 9.93 Å². The first kappa shape index (κ1) is 21.1. The number of urea groups is 1. The molecule has 0 atom stereocenters. The molecule has 0 bridgehead atoms. The Morgan fingerprint density at radius 1 is 1.26 bits per heavy atom. The molecular weight excluding hydrogens is 414 g/mol. The van der Waals surface area contributed by atoms with Gasteiger partial charge in [-0.1, -0.05) is 11.3 Å². The number of methoxy groups -OCH3 is 1. The van der Waals surface area contributed by atoms with E-state index in [9.17, 15) is 18.0 Å². The van der Waals surface area contributed by atoms with Crippen molar-refractivity contribution in [2.24, 2.45) is 0 Å². The highest BCUT2D eigenvalue weighted by Crippen LogP contribution is 2.30. The molecule has 2 N–H and O–H groups in total. The van der Waals surface area contributed by atoms with E-state index in [-0.39, 0.29) is 15.9 Å². The number of rotatable bonds is 7. The highest BCUT2D eigenvalue weighted by molar-refractivity contribution is 7.92. The zero-order valence-corrected chi connectivity index (χ0v) is 17.6. The summed E-state index contributed by atoms with van der Waals surface area (Å²) in [5.74, 6) is -0.399. The lowest BCUT2D eigenvalue weighted by Gasteiger charge is -2.05. The van der Waals surface area contributed by atoms with Gasteiger partial charge in [-0.2, -0.15) is 0 Å². The van der Waals surface area contributed by atoms with E-state index in [2.05, 4.69) is 10.3 Å². The highest BCUT2D eigenvalue weighted by Gasteiger charge is 2.22. The Labute approximate surface area is 164 Å². The molecule has 0 fully saturated rings. The predicted molar refractivity (Wildman–Crippen MR) is 102 cm³/mol. The van der Waals surface area contributed by atoms with Crippen LogP contribution in [0.5, 0.6) is 5.06 Å². The topological polar surface area (TPSA) is 124 Å². The number of sulfonamides is 1. The fourth-order valence-corrected chi connectivity index (χ4v) is 5.33. The normalized spacial score (nSPS) is 11.1. The van der Waals surface area contributed by atoms with Crippen LogP contribution in [0.3, 0.4) is 0 Å². The van der Waals surface area contributed by atoms with Crippen LogP contribution in [-0.2, 0) is 26.0 Å². The molecule has 0 spiro atoms. The van der Waals surface area contributed by atoms with Gasteiger partial charge in [0, 0.05) is 18.2 Å². The van der Waals surface area contributed by atoms with Crippen LogP contribution in [0.2, 0.25) is 0 Å². The summed E-state index contributed by atoms with van der Waals surface area (Å²) in [7, 11) is -2.56. The molecule has 2 rings (SSSR count). The zero-order chi connectivity index (χ0) is 20.2. The molecule has 0 unspecified atom stereocenters. The molecule has 2 aromatic rings. The van der Waals surface area contributed by atoms with E-state index in [1.54, 1.807) is 13.8 Å². The number of amides is 2. The molecule has 2 heterocycles. The van der Waals surface area contributed by atoms with E-state index in [0.29, 0.717) is 17.2 Å². The van der Waals surface area contributed by atoms with Crippen LogP contribution in [-0.4, -0.2) is 39.1 Å². The first-order chi connectivity index (χ1) is 12.6. The summed E-state index contributed by atoms with van der Waals surface area (Å²) in [6.45, 7) is 4.93. The maximum atomic E-state index is 12.4. The molecule has 2 amide bonds. The number of carbonyl (C=O) groups excluding carboxylic acids is 2. The third kappa shape index (κ3) is 5.65. The van der Waals surface area contributed by atoms with Gasteiger partial charge in [0.2, 0.25) is 0 Å². The Hall–Kier alpha value is -2.18. The van der Waals surface area contributed by atoms with Gasteiger partial charge in [-0.3, -0.25) is 10.1 Å². The van der Waals surface area contributed by atoms with Crippen molar-refractivity contribution >= 4 is 49.8 Å². The molecule has 2 aromatic heterocycles. The Bertz CT molecular complexity index is 948. The number of aryl methyl sites for hydroxylation is 2. The summed E-state index contributed by atoms with van der Waals surface area (Å²) < 4.78 is 36.7. The fraction of sp³-hybridized carbons (Fsp3) is 0.400. The van der Waals surface area contributed by atoms with Gasteiger partial charge in [0.05, 0.1) is 19.4 Å². The van der Waals surface area contributed by atoms with Gasteiger partial charge >= 0.3 is 12.0 Å². The van der Waals surface area contributed by atoms with Crippen molar-refractivity contribution in [3.8, 4) is 5.06 Å². The SMILES string of the molecule is COc1sc(NC(=O)NS(=O)(=O)c2cc(C)c(CCOC(C)=O)s2)nc1C. The van der Waals surface area contributed by atoms with Crippen molar-refractivity contribution in [3.63, 3.8) is 0 Å². The van der Waals surface area contributed by atoms with Gasteiger partial charge in [-0.15, -0.1) is 11.3 Å². The van der Waals surface area contributed by atoms with Crippen molar-refractivity contribution in [2.75, 3.05) is 19.0 Å². The summed E-state index contributed by atoms with van der Waals surface area (Å²) in [5, 5.41) is 3.13. The Morgan fingerprint density at radius 2 is 1.96 bits per heavy atom. The van der Waals surface area contributed by atoms with Crippen molar-refractivity contribution in [2.45, 2.75) is 31.4 Å². The molecule has 0 saturated heterocycles. The minimum atomic E-state index is -4.04. The number of nitrogens with one attached hydrogen (secondary N) is 2. The second-order valence-corrected chi connectivity index (χ2v) is 9.42. The Morgan fingerprint density at radius 3 is 2.56 bits per heavy atom. The molecule has 9 nitrogen and oxygen atoms in total. The van der Waals surface area contributed by atoms with Crippen LogP contribution in [0, 0.1) is 13.8 Å². The third-order valence-electron chi connectivity index (χ3n) is 3.28. The van der Waals surface area contributed by atoms with Crippen molar-refractivity contribution < 1.29 is 27.5 Å². The number of hydrogen-bond donors (Lipinski definition) is 2. The number of ether oxygens (including phenoxy) is 2. The molecule has 0 aliphatic carbocycles. The molecule has 0 radical (unpaired) electrons. The van der Waals surface area contributed by atoms with Gasteiger partial charge in [0.25, 0.3) is 10.0 Å². The van der Waals surface area contributed by atoms with Gasteiger partial charge in [0.15, 0.2) is 10.2 Å². The third-order valence-corrected chi connectivity index (χ3v) is 7.42.